The van der Waals surface area contributed by atoms with Crippen LogP contribution < -0.4 is 5.32 Å². The summed E-state index contributed by atoms with van der Waals surface area (Å²) in [6.07, 6.45) is 4.37. The molecule has 0 spiro atoms. The monoisotopic (exact) mass is 399 g/mol. The minimum absolute atomic E-state index is 0.113. The number of pyridine rings is 1. The highest BCUT2D eigenvalue weighted by molar-refractivity contribution is 7.99. The minimum atomic E-state index is -0.293. The molecule has 1 atom stereocenters. The first-order valence-electron chi connectivity index (χ1n) is 9.09. The van der Waals surface area contributed by atoms with Gasteiger partial charge in [-0.15, -0.1) is 10.2 Å². The number of nitrogens with zero attached hydrogens (tertiary/aromatic N) is 4. The average molecular weight is 399 g/mol. The lowest BCUT2D eigenvalue weighted by Gasteiger charge is -2.14. The molecule has 0 saturated carbocycles. The Labute approximate surface area is 167 Å². The second-order valence-electron chi connectivity index (χ2n) is 6.32. The van der Waals surface area contributed by atoms with Gasteiger partial charge in [0, 0.05) is 24.5 Å². The lowest BCUT2D eigenvalue weighted by molar-refractivity contribution is -0.119. The summed E-state index contributed by atoms with van der Waals surface area (Å²) in [4.78, 5) is 16.4. The fraction of sp³-hybridized carbons (Fsp3) is 0.300. The minimum Gasteiger partial charge on any atom is -0.349 e. The van der Waals surface area contributed by atoms with Crippen LogP contribution in [-0.2, 0) is 11.3 Å². The first-order valence-corrected chi connectivity index (χ1v) is 10.1. The zero-order valence-corrected chi connectivity index (χ0v) is 16.6. The Morgan fingerprint density at radius 3 is 2.57 bits per heavy atom. The van der Waals surface area contributed by atoms with E-state index in [9.17, 15) is 9.18 Å². The maximum Gasteiger partial charge on any atom is 0.230 e. The molecule has 0 saturated heterocycles. The fourth-order valence-electron chi connectivity index (χ4n) is 2.78. The Kier molecular flexibility index (Phi) is 6.76. The first kappa shape index (κ1) is 20.0. The molecule has 3 rings (SSSR count). The summed E-state index contributed by atoms with van der Waals surface area (Å²) in [5.74, 6) is 0.590. The van der Waals surface area contributed by atoms with Crippen LogP contribution in [0.25, 0.3) is 11.4 Å². The lowest BCUT2D eigenvalue weighted by Crippen LogP contribution is -2.28. The van der Waals surface area contributed by atoms with Gasteiger partial charge in [-0.2, -0.15) is 0 Å². The van der Waals surface area contributed by atoms with Crippen molar-refractivity contribution >= 4 is 17.7 Å². The number of rotatable bonds is 8. The molecule has 0 aliphatic heterocycles. The van der Waals surface area contributed by atoms with E-state index in [1.807, 2.05) is 23.6 Å². The van der Waals surface area contributed by atoms with Crippen LogP contribution in [0.5, 0.6) is 0 Å². The van der Waals surface area contributed by atoms with E-state index in [0.717, 1.165) is 29.9 Å². The number of thioether (sulfide) groups is 1. The van der Waals surface area contributed by atoms with Gasteiger partial charge in [0.2, 0.25) is 5.91 Å². The largest absolute Gasteiger partial charge is 0.349 e. The number of carbonyl (C=O) groups is 1. The molecule has 0 aliphatic rings. The van der Waals surface area contributed by atoms with E-state index in [-0.39, 0.29) is 23.5 Å². The third-order valence-electron chi connectivity index (χ3n) is 4.18. The van der Waals surface area contributed by atoms with E-state index < -0.39 is 0 Å². The second kappa shape index (κ2) is 9.45. The van der Waals surface area contributed by atoms with Crippen LogP contribution in [0.3, 0.4) is 0 Å². The van der Waals surface area contributed by atoms with Crippen molar-refractivity contribution < 1.29 is 9.18 Å². The third kappa shape index (κ3) is 4.95. The normalized spacial score (nSPS) is 12.0. The number of benzene rings is 1. The quantitative estimate of drug-likeness (QED) is 0.583. The number of carbonyl (C=O) groups excluding carboxylic acids is 1. The molecule has 8 heteroatoms. The maximum atomic E-state index is 13.0. The van der Waals surface area contributed by atoms with Crippen molar-refractivity contribution in [2.45, 2.75) is 38.0 Å². The van der Waals surface area contributed by atoms with Crippen molar-refractivity contribution in [1.29, 1.82) is 0 Å². The van der Waals surface area contributed by atoms with E-state index in [2.05, 4.69) is 27.4 Å². The molecule has 1 aromatic carbocycles. The Morgan fingerprint density at radius 1 is 1.18 bits per heavy atom. The molecule has 3 aromatic rings. The van der Waals surface area contributed by atoms with Crippen molar-refractivity contribution in [2.75, 3.05) is 5.75 Å². The second-order valence-corrected chi connectivity index (χ2v) is 7.27. The average Bonchev–Trinajstić information content (AvgIpc) is 3.10. The molecule has 1 amide bonds. The molecular formula is C20H22FN5OS. The Bertz CT molecular complexity index is 914. The van der Waals surface area contributed by atoms with E-state index in [0.29, 0.717) is 5.16 Å². The SMILES string of the molecule is CCCn1c(SCC(=O)NC(C)c2ccc(F)cc2)nnc1-c1ccncc1. The Morgan fingerprint density at radius 2 is 1.89 bits per heavy atom. The zero-order valence-electron chi connectivity index (χ0n) is 15.8. The number of nitrogens with one attached hydrogen (secondary N) is 1. The molecule has 1 unspecified atom stereocenters. The van der Waals surface area contributed by atoms with Crippen molar-refractivity contribution in [3.63, 3.8) is 0 Å². The standard InChI is InChI=1S/C20H22FN5OS/c1-3-12-26-19(16-8-10-22-11-9-16)24-25-20(26)28-13-18(27)23-14(2)15-4-6-17(21)7-5-15/h4-11,14H,3,12-13H2,1-2H3,(H,23,27). The predicted molar refractivity (Wildman–Crippen MR) is 107 cm³/mol. The van der Waals surface area contributed by atoms with E-state index in [1.54, 1.807) is 24.5 Å². The van der Waals surface area contributed by atoms with Gasteiger partial charge in [0.05, 0.1) is 11.8 Å². The topological polar surface area (TPSA) is 72.7 Å². The fourth-order valence-corrected chi connectivity index (χ4v) is 3.56. The number of halogens is 1. The van der Waals surface area contributed by atoms with Crippen LogP contribution in [0.15, 0.2) is 53.9 Å². The summed E-state index contributed by atoms with van der Waals surface area (Å²) >= 11 is 1.35. The van der Waals surface area contributed by atoms with Crippen molar-refractivity contribution in [3.05, 3.63) is 60.2 Å². The molecule has 0 fully saturated rings. The van der Waals surface area contributed by atoms with Crippen LogP contribution in [-0.4, -0.2) is 31.4 Å². The molecule has 0 aliphatic carbocycles. The molecule has 1 N–H and O–H groups in total. The highest BCUT2D eigenvalue weighted by Crippen LogP contribution is 2.24. The lowest BCUT2D eigenvalue weighted by atomic mass is 10.1. The van der Waals surface area contributed by atoms with Crippen LogP contribution in [0.4, 0.5) is 4.39 Å². The Balaban J connectivity index is 1.64. The number of aromatic nitrogens is 4. The van der Waals surface area contributed by atoms with Crippen LogP contribution >= 0.6 is 11.8 Å². The number of hydrogen-bond acceptors (Lipinski definition) is 5. The van der Waals surface area contributed by atoms with E-state index in [1.165, 1.54) is 23.9 Å². The molecule has 2 aromatic heterocycles. The maximum absolute atomic E-state index is 13.0. The molecule has 28 heavy (non-hydrogen) atoms. The molecule has 0 bridgehead atoms. The third-order valence-corrected chi connectivity index (χ3v) is 5.15. The van der Waals surface area contributed by atoms with Gasteiger partial charge >= 0.3 is 0 Å². The van der Waals surface area contributed by atoms with Gasteiger partial charge in [-0.3, -0.25) is 9.78 Å². The summed E-state index contributed by atoms with van der Waals surface area (Å²) < 4.78 is 15.1. The van der Waals surface area contributed by atoms with Gasteiger partial charge in [0.25, 0.3) is 0 Å². The van der Waals surface area contributed by atoms with Crippen molar-refractivity contribution in [3.8, 4) is 11.4 Å². The summed E-state index contributed by atoms with van der Waals surface area (Å²) in [6.45, 7) is 4.72. The summed E-state index contributed by atoms with van der Waals surface area (Å²) in [5.41, 5.74) is 1.80. The number of hydrogen-bond donors (Lipinski definition) is 1. The molecule has 0 radical (unpaired) electrons. The predicted octanol–water partition coefficient (Wildman–Crippen LogP) is 3.86. The zero-order chi connectivity index (χ0) is 19.9. The van der Waals surface area contributed by atoms with Crippen molar-refractivity contribution in [2.24, 2.45) is 0 Å². The Hall–Kier alpha value is -2.74. The van der Waals surface area contributed by atoms with Gasteiger partial charge in [0.1, 0.15) is 5.82 Å². The van der Waals surface area contributed by atoms with E-state index in [4.69, 9.17) is 0 Å². The smallest absolute Gasteiger partial charge is 0.230 e. The van der Waals surface area contributed by atoms with E-state index >= 15 is 0 Å². The van der Waals surface area contributed by atoms with Gasteiger partial charge in [-0.05, 0) is 43.2 Å². The molecule has 146 valence electrons. The summed E-state index contributed by atoms with van der Waals surface area (Å²) in [6, 6.07) is 9.71. The van der Waals surface area contributed by atoms with Gasteiger partial charge in [0.15, 0.2) is 11.0 Å². The number of amides is 1. The van der Waals surface area contributed by atoms with Crippen LogP contribution in [0, 0.1) is 5.82 Å². The highest BCUT2D eigenvalue weighted by atomic mass is 32.2. The summed E-state index contributed by atoms with van der Waals surface area (Å²) in [7, 11) is 0. The van der Waals surface area contributed by atoms with Crippen LogP contribution in [0.2, 0.25) is 0 Å². The molecule has 6 nitrogen and oxygen atoms in total. The molecular weight excluding hydrogens is 377 g/mol. The van der Waals surface area contributed by atoms with Gasteiger partial charge in [-0.1, -0.05) is 30.8 Å². The van der Waals surface area contributed by atoms with Gasteiger partial charge < -0.3 is 9.88 Å². The van der Waals surface area contributed by atoms with Crippen LogP contribution in [0.1, 0.15) is 31.9 Å². The molecule has 2 heterocycles. The first-order chi connectivity index (χ1) is 13.6. The van der Waals surface area contributed by atoms with Gasteiger partial charge in [-0.25, -0.2) is 4.39 Å². The van der Waals surface area contributed by atoms with Crippen molar-refractivity contribution in [1.82, 2.24) is 25.1 Å². The summed E-state index contributed by atoms with van der Waals surface area (Å²) in [5, 5.41) is 12.2. The highest BCUT2D eigenvalue weighted by Gasteiger charge is 2.16.